The van der Waals surface area contributed by atoms with Gasteiger partial charge in [0, 0.05) is 0 Å². The van der Waals surface area contributed by atoms with Gasteiger partial charge in [0.15, 0.2) is 0 Å². The number of rotatable bonds is 2. The van der Waals surface area contributed by atoms with Gasteiger partial charge < -0.3 is 15.3 Å². The number of hydrogen-bond acceptors (Lipinski definition) is 3. The first-order valence-corrected chi connectivity index (χ1v) is 2.66. The fourth-order valence-corrected chi connectivity index (χ4v) is 0.339. The maximum Gasteiger partial charge on any atom is 0.104 e. The standard InChI is InChI=1S/C6H10O3/c7-3-1-2-6(4-8)5-9/h6-9H,3-5H2. The lowest BCUT2D eigenvalue weighted by atomic mass is 10.2. The predicted octanol–water partition coefficient (Wildman–Crippen LogP) is -1.42. The van der Waals surface area contributed by atoms with Crippen molar-refractivity contribution in [1.82, 2.24) is 0 Å². The molecule has 0 rings (SSSR count). The van der Waals surface area contributed by atoms with Crippen LogP contribution >= 0.6 is 0 Å². The minimum absolute atomic E-state index is 0.163. The molecule has 0 aliphatic heterocycles. The van der Waals surface area contributed by atoms with E-state index in [1.807, 2.05) is 0 Å². The summed E-state index contributed by atoms with van der Waals surface area (Å²) < 4.78 is 0. The van der Waals surface area contributed by atoms with Crippen molar-refractivity contribution in [3.05, 3.63) is 0 Å². The topological polar surface area (TPSA) is 60.7 Å². The molecule has 0 fully saturated rings. The summed E-state index contributed by atoms with van der Waals surface area (Å²) in [5.74, 6) is 4.40. The van der Waals surface area contributed by atoms with Gasteiger partial charge in [0.25, 0.3) is 0 Å². The van der Waals surface area contributed by atoms with E-state index in [1.165, 1.54) is 0 Å². The summed E-state index contributed by atoms with van der Waals surface area (Å²) in [5.41, 5.74) is 0. The predicted molar refractivity (Wildman–Crippen MR) is 32.5 cm³/mol. The lowest BCUT2D eigenvalue weighted by Gasteiger charge is -1.98. The second-order valence-electron chi connectivity index (χ2n) is 1.54. The summed E-state index contributed by atoms with van der Waals surface area (Å²) >= 11 is 0. The second kappa shape index (κ2) is 5.57. The van der Waals surface area contributed by atoms with E-state index in [9.17, 15) is 0 Å². The second-order valence-corrected chi connectivity index (χ2v) is 1.54. The molecule has 0 radical (unpaired) electrons. The normalized spacial score (nSPS) is 8.89. The van der Waals surface area contributed by atoms with Crippen molar-refractivity contribution in [3.63, 3.8) is 0 Å². The molecule has 0 aliphatic carbocycles. The molecule has 3 nitrogen and oxygen atoms in total. The van der Waals surface area contributed by atoms with Crippen molar-refractivity contribution in [2.24, 2.45) is 5.92 Å². The highest BCUT2D eigenvalue weighted by molar-refractivity contribution is 5.03. The molecule has 0 heterocycles. The Morgan fingerprint density at radius 1 is 1.11 bits per heavy atom. The van der Waals surface area contributed by atoms with Gasteiger partial charge in [-0.1, -0.05) is 11.8 Å². The van der Waals surface area contributed by atoms with Gasteiger partial charge in [-0.25, -0.2) is 0 Å². The molecule has 3 heteroatoms. The summed E-state index contributed by atoms with van der Waals surface area (Å²) in [6.07, 6.45) is 0. The lowest BCUT2D eigenvalue weighted by molar-refractivity contribution is 0.182. The fourth-order valence-electron chi connectivity index (χ4n) is 0.339. The molecule has 0 aliphatic rings. The van der Waals surface area contributed by atoms with E-state index in [-0.39, 0.29) is 19.8 Å². The van der Waals surface area contributed by atoms with Crippen LogP contribution in [0.5, 0.6) is 0 Å². The molecule has 0 aromatic rings. The number of aliphatic hydroxyl groups excluding tert-OH is 3. The number of aliphatic hydroxyl groups is 3. The summed E-state index contributed by atoms with van der Waals surface area (Å²) in [6, 6.07) is 0. The van der Waals surface area contributed by atoms with Gasteiger partial charge in [-0.2, -0.15) is 0 Å². The molecule has 0 atom stereocenters. The Morgan fingerprint density at radius 3 is 2.00 bits per heavy atom. The minimum atomic E-state index is -0.405. The van der Waals surface area contributed by atoms with Gasteiger partial charge in [0.05, 0.1) is 19.1 Å². The lowest BCUT2D eigenvalue weighted by Crippen LogP contribution is -2.07. The van der Waals surface area contributed by atoms with Crippen LogP contribution in [0.4, 0.5) is 0 Å². The van der Waals surface area contributed by atoms with Crippen LogP contribution in [0.15, 0.2) is 0 Å². The Morgan fingerprint density at radius 2 is 1.67 bits per heavy atom. The first kappa shape index (κ1) is 8.44. The molecule has 0 spiro atoms. The third kappa shape index (κ3) is 3.98. The van der Waals surface area contributed by atoms with E-state index >= 15 is 0 Å². The molecule has 0 unspecified atom stereocenters. The molecule has 0 aromatic heterocycles. The molecule has 3 N–H and O–H groups in total. The molecule has 52 valence electrons. The quantitative estimate of drug-likeness (QED) is 0.402. The molecule has 0 saturated heterocycles. The maximum atomic E-state index is 8.41. The summed E-state index contributed by atoms with van der Waals surface area (Å²) in [5, 5.41) is 25.0. The van der Waals surface area contributed by atoms with Crippen LogP contribution in [-0.4, -0.2) is 35.1 Å². The monoisotopic (exact) mass is 130 g/mol. The summed E-state index contributed by atoms with van der Waals surface area (Å²) in [7, 11) is 0. The van der Waals surface area contributed by atoms with Crippen LogP contribution < -0.4 is 0 Å². The highest BCUT2D eigenvalue weighted by Gasteiger charge is 1.97. The first-order chi connectivity index (χ1) is 4.35. The van der Waals surface area contributed by atoms with Crippen molar-refractivity contribution in [3.8, 4) is 11.8 Å². The average Bonchev–Trinajstić information content (AvgIpc) is 1.91. The van der Waals surface area contributed by atoms with E-state index < -0.39 is 5.92 Å². The van der Waals surface area contributed by atoms with Crippen LogP contribution in [0.1, 0.15) is 0 Å². The Balaban J connectivity index is 3.54. The highest BCUT2D eigenvalue weighted by Crippen LogP contribution is 1.87. The van der Waals surface area contributed by atoms with Crippen LogP contribution in [0.25, 0.3) is 0 Å². The van der Waals surface area contributed by atoms with Crippen LogP contribution in [0, 0.1) is 17.8 Å². The van der Waals surface area contributed by atoms with Crippen LogP contribution in [0.3, 0.4) is 0 Å². The van der Waals surface area contributed by atoms with E-state index in [2.05, 4.69) is 11.8 Å². The zero-order valence-electron chi connectivity index (χ0n) is 5.04. The zero-order chi connectivity index (χ0) is 7.11. The Labute approximate surface area is 53.9 Å². The van der Waals surface area contributed by atoms with Crippen molar-refractivity contribution in [1.29, 1.82) is 0 Å². The molecular formula is C6H10O3. The smallest absolute Gasteiger partial charge is 0.104 e. The van der Waals surface area contributed by atoms with Gasteiger partial charge >= 0.3 is 0 Å². The van der Waals surface area contributed by atoms with Crippen molar-refractivity contribution >= 4 is 0 Å². The molecule has 0 amide bonds. The largest absolute Gasteiger partial charge is 0.395 e. The minimum Gasteiger partial charge on any atom is -0.395 e. The third-order valence-corrected chi connectivity index (χ3v) is 0.826. The Kier molecular flexibility index (Phi) is 5.23. The zero-order valence-corrected chi connectivity index (χ0v) is 5.04. The third-order valence-electron chi connectivity index (χ3n) is 0.826. The van der Waals surface area contributed by atoms with Gasteiger partial charge in [0.2, 0.25) is 0 Å². The van der Waals surface area contributed by atoms with E-state index in [1.54, 1.807) is 0 Å². The van der Waals surface area contributed by atoms with E-state index in [0.29, 0.717) is 0 Å². The summed E-state index contributed by atoms with van der Waals surface area (Å²) in [4.78, 5) is 0. The van der Waals surface area contributed by atoms with Crippen LogP contribution in [0.2, 0.25) is 0 Å². The van der Waals surface area contributed by atoms with Gasteiger partial charge in [0.1, 0.15) is 6.61 Å². The number of hydrogen-bond donors (Lipinski definition) is 3. The molecule has 0 saturated carbocycles. The Bertz CT molecular complexity index is 107. The highest BCUT2D eigenvalue weighted by atomic mass is 16.3. The van der Waals surface area contributed by atoms with Gasteiger partial charge in [-0.3, -0.25) is 0 Å². The summed E-state index contributed by atoms with van der Waals surface area (Å²) in [6.45, 7) is -0.552. The fraction of sp³-hybridized carbons (Fsp3) is 0.667. The van der Waals surface area contributed by atoms with Crippen molar-refractivity contribution in [2.75, 3.05) is 19.8 Å². The van der Waals surface area contributed by atoms with Gasteiger partial charge in [-0.05, 0) is 0 Å². The first-order valence-electron chi connectivity index (χ1n) is 2.66. The average molecular weight is 130 g/mol. The molecule has 9 heavy (non-hydrogen) atoms. The molecule has 0 bridgehead atoms. The molecular weight excluding hydrogens is 120 g/mol. The SMILES string of the molecule is OCC#CC(CO)CO. The maximum absolute atomic E-state index is 8.41. The van der Waals surface area contributed by atoms with E-state index in [0.717, 1.165) is 0 Å². The van der Waals surface area contributed by atoms with Crippen molar-refractivity contribution < 1.29 is 15.3 Å². The van der Waals surface area contributed by atoms with Gasteiger partial charge in [-0.15, -0.1) is 0 Å². The van der Waals surface area contributed by atoms with Crippen LogP contribution in [-0.2, 0) is 0 Å². The Hall–Kier alpha value is -0.560. The van der Waals surface area contributed by atoms with Crippen molar-refractivity contribution in [2.45, 2.75) is 0 Å². The molecule has 0 aromatic carbocycles. The van der Waals surface area contributed by atoms with E-state index in [4.69, 9.17) is 15.3 Å².